The monoisotopic (exact) mass is 240 g/mol. The van der Waals surface area contributed by atoms with Crippen molar-refractivity contribution in [1.29, 1.82) is 0 Å². The maximum Gasteiger partial charge on any atom is 0.253 e. The normalized spacial score (nSPS) is 12.2. The summed E-state index contributed by atoms with van der Waals surface area (Å²) in [6, 6.07) is 3.54. The summed E-state index contributed by atoms with van der Waals surface area (Å²) in [5.41, 5.74) is 1.38. The van der Waals surface area contributed by atoms with Crippen molar-refractivity contribution in [3.63, 3.8) is 0 Å². The lowest BCUT2D eigenvalue weighted by molar-refractivity contribution is 0.0952. The van der Waals surface area contributed by atoms with Crippen molar-refractivity contribution in [3.05, 3.63) is 29.6 Å². The Bertz CT molecular complexity index is 355. The summed E-state index contributed by atoms with van der Waals surface area (Å²) in [5.74, 6) is -0.0782. The topological polar surface area (TPSA) is 42.0 Å². The van der Waals surface area contributed by atoms with Gasteiger partial charge in [-0.1, -0.05) is 6.92 Å². The zero-order valence-corrected chi connectivity index (χ0v) is 10.4. The Kier molecular flexibility index (Phi) is 5.26. The van der Waals surface area contributed by atoms with Crippen LogP contribution in [0.15, 0.2) is 18.3 Å². The minimum Gasteiger partial charge on any atom is -0.352 e. The summed E-state index contributed by atoms with van der Waals surface area (Å²) >= 11 is 5.96. The molecule has 0 aliphatic carbocycles. The van der Waals surface area contributed by atoms with Crippen LogP contribution in [0.4, 0.5) is 0 Å². The molecule has 1 atom stereocenters. The Hall–Kier alpha value is -1.09. The first-order valence-electron chi connectivity index (χ1n) is 5.49. The van der Waals surface area contributed by atoms with Crippen molar-refractivity contribution in [1.82, 2.24) is 10.3 Å². The van der Waals surface area contributed by atoms with Crippen LogP contribution in [-0.4, -0.2) is 22.8 Å². The molecule has 0 aromatic carbocycles. The molecule has 3 nitrogen and oxygen atoms in total. The first-order valence-corrected chi connectivity index (χ1v) is 5.92. The number of aromatic nitrogens is 1. The van der Waals surface area contributed by atoms with Gasteiger partial charge in [-0.2, -0.15) is 0 Å². The lowest BCUT2D eigenvalue weighted by Gasteiger charge is -2.08. The number of hydrogen-bond donors (Lipinski definition) is 1. The smallest absolute Gasteiger partial charge is 0.253 e. The van der Waals surface area contributed by atoms with E-state index in [0.29, 0.717) is 12.1 Å². The van der Waals surface area contributed by atoms with Gasteiger partial charge in [0.05, 0.1) is 5.56 Å². The molecule has 88 valence electrons. The highest BCUT2D eigenvalue weighted by atomic mass is 35.5. The van der Waals surface area contributed by atoms with E-state index < -0.39 is 0 Å². The third-order valence-corrected chi connectivity index (χ3v) is 2.96. The Morgan fingerprint density at radius 1 is 1.62 bits per heavy atom. The predicted octanol–water partition coefficient (Wildman–Crippen LogP) is 2.53. The van der Waals surface area contributed by atoms with Crippen LogP contribution in [0.3, 0.4) is 0 Å². The number of aryl methyl sites for hydroxylation is 1. The summed E-state index contributed by atoms with van der Waals surface area (Å²) in [6.45, 7) is 4.46. The number of pyridine rings is 1. The summed E-state index contributed by atoms with van der Waals surface area (Å²) < 4.78 is 0. The van der Waals surface area contributed by atoms with E-state index in [4.69, 9.17) is 11.6 Å². The van der Waals surface area contributed by atoms with Gasteiger partial charge >= 0.3 is 0 Å². The average Bonchev–Trinajstić information content (AvgIpc) is 2.29. The van der Waals surface area contributed by atoms with Crippen LogP contribution in [0.1, 0.15) is 35.8 Å². The zero-order chi connectivity index (χ0) is 12.0. The first-order chi connectivity index (χ1) is 7.65. The predicted molar refractivity (Wildman–Crippen MR) is 65.9 cm³/mol. The van der Waals surface area contributed by atoms with Gasteiger partial charge < -0.3 is 5.32 Å². The van der Waals surface area contributed by atoms with E-state index in [0.717, 1.165) is 18.5 Å². The molecular formula is C12H17ClN2O. The van der Waals surface area contributed by atoms with Crippen molar-refractivity contribution >= 4 is 17.5 Å². The molecule has 1 rings (SSSR count). The molecule has 0 saturated carbocycles. The third kappa shape index (κ3) is 3.81. The van der Waals surface area contributed by atoms with Gasteiger partial charge in [-0.05, 0) is 31.9 Å². The van der Waals surface area contributed by atoms with Crippen LogP contribution in [-0.2, 0) is 0 Å². The van der Waals surface area contributed by atoms with Gasteiger partial charge in [0.2, 0.25) is 0 Å². The maximum atomic E-state index is 11.7. The Morgan fingerprint density at radius 2 is 2.38 bits per heavy atom. The van der Waals surface area contributed by atoms with Crippen LogP contribution in [0.2, 0.25) is 0 Å². The van der Waals surface area contributed by atoms with Gasteiger partial charge in [0, 0.05) is 23.8 Å². The number of halogens is 1. The standard InChI is InChI=1S/C12H17ClN2O/c1-3-10(13)6-8-15-12(16)11-5-4-7-14-9(11)2/h4-5,7,10H,3,6,8H2,1-2H3,(H,15,16). The van der Waals surface area contributed by atoms with Gasteiger partial charge in [0.1, 0.15) is 0 Å². The van der Waals surface area contributed by atoms with E-state index in [9.17, 15) is 4.79 Å². The number of carbonyl (C=O) groups excluding carboxylic acids is 1. The van der Waals surface area contributed by atoms with E-state index in [1.165, 1.54) is 0 Å². The van der Waals surface area contributed by atoms with Gasteiger partial charge in [-0.15, -0.1) is 11.6 Å². The lowest BCUT2D eigenvalue weighted by Crippen LogP contribution is -2.26. The van der Waals surface area contributed by atoms with Crippen molar-refractivity contribution in [2.24, 2.45) is 0 Å². The Morgan fingerprint density at radius 3 is 3.00 bits per heavy atom. The zero-order valence-electron chi connectivity index (χ0n) is 9.66. The largest absolute Gasteiger partial charge is 0.352 e. The molecule has 1 aromatic heterocycles. The number of nitrogens with one attached hydrogen (secondary N) is 1. The molecule has 0 aliphatic heterocycles. The highest BCUT2D eigenvalue weighted by Gasteiger charge is 2.09. The van der Waals surface area contributed by atoms with Gasteiger partial charge in [0.15, 0.2) is 0 Å². The summed E-state index contributed by atoms with van der Waals surface area (Å²) in [7, 11) is 0. The minimum absolute atomic E-state index is 0.0782. The SMILES string of the molecule is CCC(Cl)CCNC(=O)c1cccnc1C. The van der Waals surface area contributed by atoms with Crippen LogP contribution in [0.25, 0.3) is 0 Å². The maximum absolute atomic E-state index is 11.7. The minimum atomic E-state index is -0.0782. The summed E-state index contributed by atoms with van der Waals surface area (Å²) in [6.07, 6.45) is 3.39. The summed E-state index contributed by atoms with van der Waals surface area (Å²) in [4.78, 5) is 15.8. The quantitative estimate of drug-likeness (QED) is 0.804. The number of rotatable bonds is 5. The summed E-state index contributed by atoms with van der Waals surface area (Å²) in [5, 5.41) is 2.98. The molecule has 1 amide bonds. The molecule has 16 heavy (non-hydrogen) atoms. The number of nitrogens with zero attached hydrogens (tertiary/aromatic N) is 1. The molecule has 0 bridgehead atoms. The van der Waals surface area contributed by atoms with Crippen molar-refractivity contribution < 1.29 is 4.79 Å². The molecule has 0 spiro atoms. The molecule has 4 heteroatoms. The second kappa shape index (κ2) is 6.48. The molecule has 0 saturated heterocycles. The van der Waals surface area contributed by atoms with Gasteiger partial charge in [-0.3, -0.25) is 9.78 Å². The van der Waals surface area contributed by atoms with Gasteiger partial charge in [-0.25, -0.2) is 0 Å². The van der Waals surface area contributed by atoms with E-state index in [1.807, 2.05) is 13.8 Å². The third-order valence-electron chi connectivity index (χ3n) is 2.44. The fourth-order valence-corrected chi connectivity index (χ4v) is 1.48. The molecule has 1 N–H and O–H groups in total. The highest BCUT2D eigenvalue weighted by molar-refractivity contribution is 6.20. The van der Waals surface area contributed by atoms with Crippen molar-refractivity contribution in [3.8, 4) is 0 Å². The molecular weight excluding hydrogens is 224 g/mol. The highest BCUT2D eigenvalue weighted by Crippen LogP contribution is 2.06. The number of carbonyl (C=O) groups is 1. The Balaban J connectivity index is 2.44. The molecule has 0 aliphatic rings. The van der Waals surface area contributed by atoms with Crippen LogP contribution in [0.5, 0.6) is 0 Å². The molecule has 1 unspecified atom stereocenters. The second-order valence-electron chi connectivity index (χ2n) is 3.69. The van der Waals surface area contributed by atoms with Crippen molar-refractivity contribution in [2.75, 3.05) is 6.54 Å². The Labute approximate surface area is 101 Å². The number of alkyl halides is 1. The van der Waals surface area contributed by atoms with Crippen molar-refractivity contribution in [2.45, 2.75) is 32.1 Å². The van der Waals surface area contributed by atoms with E-state index in [2.05, 4.69) is 10.3 Å². The van der Waals surface area contributed by atoms with Crippen LogP contribution in [0, 0.1) is 6.92 Å². The van der Waals surface area contributed by atoms with E-state index >= 15 is 0 Å². The van der Waals surface area contributed by atoms with Crippen LogP contribution < -0.4 is 5.32 Å². The first kappa shape index (κ1) is 13.0. The number of hydrogen-bond acceptors (Lipinski definition) is 2. The molecule has 1 heterocycles. The van der Waals surface area contributed by atoms with Crippen LogP contribution >= 0.6 is 11.6 Å². The second-order valence-corrected chi connectivity index (χ2v) is 4.30. The lowest BCUT2D eigenvalue weighted by atomic mass is 10.2. The van der Waals surface area contributed by atoms with E-state index in [-0.39, 0.29) is 11.3 Å². The number of amides is 1. The molecule has 1 aromatic rings. The fraction of sp³-hybridized carbons (Fsp3) is 0.500. The average molecular weight is 241 g/mol. The fourth-order valence-electron chi connectivity index (χ4n) is 1.37. The van der Waals surface area contributed by atoms with E-state index in [1.54, 1.807) is 18.3 Å². The molecule has 0 radical (unpaired) electrons. The van der Waals surface area contributed by atoms with Gasteiger partial charge in [0.25, 0.3) is 5.91 Å². The molecule has 0 fully saturated rings.